The Morgan fingerprint density at radius 3 is 2.65 bits per heavy atom. The molecule has 2 saturated carbocycles. The van der Waals surface area contributed by atoms with Crippen LogP contribution in [0.3, 0.4) is 0 Å². The molecule has 23 heavy (non-hydrogen) atoms. The molecule has 0 amide bonds. The van der Waals surface area contributed by atoms with Crippen molar-refractivity contribution in [3.05, 3.63) is 17.0 Å². The van der Waals surface area contributed by atoms with Gasteiger partial charge in [-0.3, -0.25) is 4.90 Å². The summed E-state index contributed by atoms with van der Waals surface area (Å²) in [5.74, 6) is 1.23. The number of aliphatic hydroxyl groups excluding tert-OH is 1. The van der Waals surface area contributed by atoms with Gasteiger partial charge in [0.1, 0.15) is 4.21 Å². The Kier molecular flexibility index (Phi) is 4.86. The van der Waals surface area contributed by atoms with E-state index in [4.69, 9.17) is 0 Å². The maximum atomic E-state index is 12.3. The Bertz CT molecular complexity index is 650. The van der Waals surface area contributed by atoms with Crippen molar-refractivity contribution in [3.63, 3.8) is 0 Å². The molecule has 2 atom stereocenters. The van der Waals surface area contributed by atoms with Crippen molar-refractivity contribution >= 4 is 21.4 Å². The van der Waals surface area contributed by atoms with Gasteiger partial charge >= 0.3 is 0 Å². The van der Waals surface area contributed by atoms with E-state index in [1.54, 1.807) is 11.0 Å². The highest BCUT2D eigenvalue weighted by Gasteiger charge is 2.58. The molecule has 0 spiro atoms. The van der Waals surface area contributed by atoms with E-state index in [0.717, 1.165) is 11.3 Å². The first-order valence-electron chi connectivity index (χ1n) is 8.24. The third kappa shape index (κ3) is 3.35. The summed E-state index contributed by atoms with van der Waals surface area (Å²) in [4.78, 5) is 2.81. The van der Waals surface area contributed by atoms with E-state index in [0.29, 0.717) is 16.0 Å². The molecule has 0 bridgehead atoms. The van der Waals surface area contributed by atoms with Crippen molar-refractivity contribution in [1.82, 2.24) is 9.62 Å². The lowest BCUT2D eigenvalue weighted by atomic mass is 9.93. The molecule has 0 aliphatic heterocycles. The maximum absolute atomic E-state index is 12.3. The summed E-state index contributed by atoms with van der Waals surface area (Å²) in [6.07, 6.45) is 6.10. The third-order valence-electron chi connectivity index (χ3n) is 5.29. The Labute approximate surface area is 142 Å². The molecule has 1 aromatic heterocycles. The molecule has 1 aromatic rings. The molecule has 5 nitrogen and oxygen atoms in total. The number of nitrogens with one attached hydrogen (secondary N) is 1. The standard InChI is InChI=1S/C16H26N2O3S2/c1-18(2)11-17-23(20,21)15-8-7-14(22-15)16(10-19)9-13(16)12-5-3-4-6-12/h7-8,12-13,17,19H,3-6,9-11H2,1-2H3. The first kappa shape index (κ1) is 17.4. The topological polar surface area (TPSA) is 69.6 Å². The molecule has 2 fully saturated rings. The van der Waals surface area contributed by atoms with Gasteiger partial charge in [0.05, 0.1) is 13.3 Å². The van der Waals surface area contributed by atoms with Crippen molar-refractivity contribution in [2.24, 2.45) is 11.8 Å². The number of thiophene rings is 1. The fourth-order valence-corrected chi connectivity index (χ4v) is 6.57. The molecule has 2 unspecified atom stereocenters. The Balaban J connectivity index is 1.76. The van der Waals surface area contributed by atoms with Gasteiger partial charge in [0.15, 0.2) is 0 Å². The average molecular weight is 359 g/mol. The molecular formula is C16H26N2O3S2. The van der Waals surface area contributed by atoms with Crippen LogP contribution in [0, 0.1) is 11.8 Å². The Hall–Kier alpha value is -0.470. The molecule has 7 heteroatoms. The van der Waals surface area contributed by atoms with Crippen LogP contribution in [-0.4, -0.2) is 45.8 Å². The largest absolute Gasteiger partial charge is 0.395 e. The highest BCUT2D eigenvalue weighted by atomic mass is 32.2. The number of aliphatic hydroxyl groups is 1. The monoisotopic (exact) mass is 358 g/mol. The summed E-state index contributed by atoms with van der Waals surface area (Å²) >= 11 is 1.32. The van der Waals surface area contributed by atoms with E-state index in [1.807, 2.05) is 20.2 Å². The number of hydrogen-bond acceptors (Lipinski definition) is 5. The SMILES string of the molecule is CN(C)CNS(=O)(=O)c1ccc(C2(CO)CC2C2CCCC2)s1. The molecule has 130 valence electrons. The van der Waals surface area contributed by atoms with Gasteiger partial charge in [0.25, 0.3) is 10.0 Å². The minimum atomic E-state index is -3.47. The van der Waals surface area contributed by atoms with Gasteiger partial charge in [-0.25, -0.2) is 8.42 Å². The van der Waals surface area contributed by atoms with E-state index in [9.17, 15) is 13.5 Å². The highest BCUT2D eigenvalue weighted by Crippen LogP contribution is 2.62. The zero-order valence-electron chi connectivity index (χ0n) is 13.8. The molecule has 0 saturated heterocycles. The summed E-state index contributed by atoms with van der Waals surface area (Å²) in [5, 5.41) is 9.96. The van der Waals surface area contributed by atoms with Crippen LogP contribution in [0.2, 0.25) is 0 Å². The van der Waals surface area contributed by atoms with Crippen molar-refractivity contribution in [2.75, 3.05) is 27.4 Å². The number of rotatable bonds is 7. The van der Waals surface area contributed by atoms with Crippen LogP contribution in [0.5, 0.6) is 0 Å². The van der Waals surface area contributed by atoms with Gasteiger partial charge in [-0.05, 0) is 44.5 Å². The quantitative estimate of drug-likeness (QED) is 0.732. The lowest BCUT2D eigenvalue weighted by molar-refractivity contribution is 0.235. The second-order valence-corrected chi connectivity index (χ2v) is 10.3. The van der Waals surface area contributed by atoms with Crippen LogP contribution in [0.25, 0.3) is 0 Å². The zero-order valence-corrected chi connectivity index (χ0v) is 15.4. The predicted molar refractivity (Wildman–Crippen MR) is 92.0 cm³/mol. The van der Waals surface area contributed by atoms with Gasteiger partial charge < -0.3 is 5.11 Å². The zero-order chi connectivity index (χ0) is 16.7. The normalized spacial score (nSPS) is 28.6. The van der Waals surface area contributed by atoms with Gasteiger partial charge in [0, 0.05) is 10.3 Å². The number of sulfonamides is 1. The maximum Gasteiger partial charge on any atom is 0.251 e. The van der Waals surface area contributed by atoms with Crippen LogP contribution >= 0.6 is 11.3 Å². The van der Waals surface area contributed by atoms with Crippen LogP contribution < -0.4 is 4.72 Å². The first-order chi connectivity index (χ1) is 10.9. The second kappa shape index (κ2) is 6.44. The van der Waals surface area contributed by atoms with Gasteiger partial charge in [0.2, 0.25) is 0 Å². The van der Waals surface area contributed by atoms with Gasteiger partial charge in [-0.15, -0.1) is 11.3 Å². The molecule has 0 radical (unpaired) electrons. The summed E-state index contributed by atoms with van der Waals surface area (Å²) in [5.41, 5.74) is -0.186. The van der Waals surface area contributed by atoms with Crippen LogP contribution in [-0.2, 0) is 15.4 Å². The van der Waals surface area contributed by atoms with E-state index < -0.39 is 10.0 Å². The Morgan fingerprint density at radius 2 is 2.04 bits per heavy atom. The lowest BCUT2D eigenvalue weighted by Crippen LogP contribution is -2.32. The van der Waals surface area contributed by atoms with Crippen LogP contribution in [0.15, 0.2) is 16.3 Å². The second-order valence-electron chi connectivity index (χ2n) is 7.17. The van der Waals surface area contributed by atoms with E-state index in [2.05, 4.69) is 4.72 Å². The predicted octanol–water partition coefficient (Wildman–Crippen LogP) is 1.99. The third-order valence-corrected chi connectivity index (χ3v) is 8.48. The fourth-order valence-electron chi connectivity index (χ4n) is 3.87. The molecule has 3 rings (SSSR count). The molecule has 0 aromatic carbocycles. The molecule has 2 aliphatic rings. The van der Waals surface area contributed by atoms with Crippen LogP contribution in [0.1, 0.15) is 37.0 Å². The van der Waals surface area contributed by atoms with E-state index in [-0.39, 0.29) is 18.7 Å². The summed E-state index contributed by atoms with van der Waals surface area (Å²) in [6.45, 7) is 0.407. The van der Waals surface area contributed by atoms with Crippen molar-refractivity contribution < 1.29 is 13.5 Å². The van der Waals surface area contributed by atoms with Gasteiger partial charge in [-0.2, -0.15) is 4.72 Å². The van der Waals surface area contributed by atoms with Crippen molar-refractivity contribution in [3.8, 4) is 0 Å². The highest BCUT2D eigenvalue weighted by molar-refractivity contribution is 7.91. The fraction of sp³-hybridized carbons (Fsp3) is 0.750. The summed E-state index contributed by atoms with van der Waals surface area (Å²) in [6, 6.07) is 3.58. The van der Waals surface area contributed by atoms with Crippen molar-refractivity contribution in [2.45, 2.75) is 41.7 Å². The minimum Gasteiger partial charge on any atom is -0.395 e. The average Bonchev–Trinajstić information content (AvgIpc) is 2.92. The summed E-state index contributed by atoms with van der Waals surface area (Å²) < 4.78 is 27.6. The van der Waals surface area contributed by atoms with Crippen LogP contribution in [0.4, 0.5) is 0 Å². The van der Waals surface area contributed by atoms with E-state index in [1.165, 1.54) is 37.0 Å². The molecule has 2 aliphatic carbocycles. The van der Waals surface area contributed by atoms with Crippen molar-refractivity contribution in [1.29, 1.82) is 0 Å². The minimum absolute atomic E-state index is 0.124. The molecular weight excluding hydrogens is 332 g/mol. The first-order valence-corrected chi connectivity index (χ1v) is 10.5. The Morgan fingerprint density at radius 1 is 1.35 bits per heavy atom. The smallest absolute Gasteiger partial charge is 0.251 e. The summed E-state index contributed by atoms with van der Waals surface area (Å²) in [7, 11) is 0.171. The van der Waals surface area contributed by atoms with Gasteiger partial charge in [-0.1, -0.05) is 25.7 Å². The molecule has 1 heterocycles. The number of hydrogen-bond donors (Lipinski definition) is 2. The van der Waals surface area contributed by atoms with E-state index >= 15 is 0 Å². The lowest BCUT2D eigenvalue weighted by Gasteiger charge is -2.16. The number of nitrogens with zero attached hydrogens (tertiary/aromatic N) is 1. The molecule has 2 N–H and O–H groups in total.